The van der Waals surface area contributed by atoms with Crippen molar-refractivity contribution in [2.75, 3.05) is 25.6 Å². The quantitative estimate of drug-likeness (QED) is 0.519. The molecule has 0 radical (unpaired) electrons. The van der Waals surface area contributed by atoms with Gasteiger partial charge in [0.2, 0.25) is 0 Å². The average molecular weight is 464 g/mol. The van der Waals surface area contributed by atoms with Crippen molar-refractivity contribution in [2.24, 2.45) is 0 Å². The summed E-state index contributed by atoms with van der Waals surface area (Å²) in [5.74, 6) is 1.01. The fraction of sp³-hybridized carbons (Fsp3) is 0.500. The molecule has 1 saturated heterocycles. The van der Waals surface area contributed by atoms with Crippen molar-refractivity contribution in [2.45, 2.75) is 64.1 Å². The Hall–Kier alpha value is -3.13. The van der Waals surface area contributed by atoms with Crippen LogP contribution in [0.1, 0.15) is 66.6 Å². The van der Waals surface area contributed by atoms with Crippen LogP contribution < -0.4 is 15.4 Å². The Balaban J connectivity index is 1.52. The van der Waals surface area contributed by atoms with Crippen molar-refractivity contribution in [3.05, 3.63) is 47.3 Å². The van der Waals surface area contributed by atoms with E-state index >= 15 is 0 Å². The normalized spacial score (nSPS) is 16.9. The van der Waals surface area contributed by atoms with E-state index in [9.17, 15) is 4.79 Å². The van der Waals surface area contributed by atoms with Gasteiger partial charge < -0.3 is 20.1 Å². The van der Waals surface area contributed by atoms with Gasteiger partial charge in [0.25, 0.3) is 5.91 Å². The number of fused-ring (bicyclic) bond motifs is 1. The third-order valence-corrected chi connectivity index (χ3v) is 7.01. The summed E-state index contributed by atoms with van der Waals surface area (Å²) in [5.41, 5.74) is 4.31. The van der Waals surface area contributed by atoms with Gasteiger partial charge in [0, 0.05) is 38.3 Å². The number of aromatic nitrogens is 3. The molecule has 34 heavy (non-hydrogen) atoms. The first kappa shape index (κ1) is 22.7. The summed E-state index contributed by atoms with van der Waals surface area (Å²) in [6.45, 7) is 4.71. The number of amides is 1. The molecule has 3 aromatic rings. The highest BCUT2D eigenvalue weighted by atomic mass is 16.5. The summed E-state index contributed by atoms with van der Waals surface area (Å²) >= 11 is 0. The Labute approximate surface area is 200 Å². The highest BCUT2D eigenvalue weighted by Gasteiger charge is 2.31. The SMILES string of the molecule is CCn1ncc2c(NC3CCOCC3)c(C(=O)NCc3ccc(OC)cc3)c(C3CCC3)nc21. The first-order valence-electron chi connectivity index (χ1n) is 12.3. The molecule has 1 aliphatic heterocycles. The van der Waals surface area contributed by atoms with Gasteiger partial charge >= 0.3 is 0 Å². The number of ether oxygens (including phenoxy) is 2. The Morgan fingerprint density at radius 3 is 2.59 bits per heavy atom. The second kappa shape index (κ2) is 10.0. The molecule has 8 nitrogen and oxygen atoms in total. The number of carbonyl (C=O) groups is 1. The summed E-state index contributed by atoms with van der Waals surface area (Å²) in [6.07, 6.45) is 6.97. The number of methoxy groups -OCH3 is 1. The van der Waals surface area contributed by atoms with Gasteiger partial charge in [-0.1, -0.05) is 18.6 Å². The van der Waals surface area contributed by atoms with Crippen molar-refractivity contribution in [1.82, 2.24) is 20.1 Å². The van der Waals surface area contributed by atoms with Crippen molar-refractivity contribution in [3.8, 4) is 5.75 Å². The van der Waals surface area contributed by atoms with E-state index in [-0.39, 0.29) is 11.9 Å². The molecule has 2 N–H and O–H groups in total. The maximum Gasteiger partial charge on any atom is 0.255 e. The number of carbonyl (C=O) groups excluding carboxylic acids is 1. The van der Waals surface area contributed by atoms with Crippen LogP contribution in [0.4, 0.5) is 5.69 Å². The van der Waals surface area contributed by atoms with E-state index in [0.29, 0.717) is 18.0 Å². The van der Waals surface area contributed by atoms with Gasteiger partial charge in [-0.25, -0.2) is 9.67 Å². The monoisotopic (exact) mass is 463 g/mol. The molecular formula is C26H33N5O3. The number of aryl methyl sites for hydroxylation is 1. The van der Waals surface area contributed by atoms with Crippen LogP contribution in [0.2, 0.25) is 0 Å². The Kier molecular flexibility index (Phi) is 6.67. The molecule has 1 aliphatic carbocycles. The van der Waals surface area contributed by atoms with Crippen molar-refractivity contribution < 1.29 is 14.3 Å². The van der Waals surface area contributed by atoms with Gasteiger partial charge in [-0.2, -0.15) is 5.10 Å². The predicted octanol–water partition coefficient (Wildman–Crippen LogP) is 4.25. The van der Waals surface area contributed by atoms with Gasteiger partial charge in [0.15, 0.2) is 5.65 Å². The van der Waals surface area contributed by atoms with Crippen molar-refractivity contribution in [3.63, 3.8) is 0 Å². The molecule has 3 heterocycles. The second-order valence-electron chi connectivity index (χ2n) is 9.13. The van der Waals surface area contributed by atoms with E-state index in [1.165, 1.54) is 6.42 Å². The standard InChI is InChI=1S/C26H33N5O3/c1-3-31-25-21(16-28-31)24(29-19-11-13-34-14-12-19)22(23(30-25)18-5-4-6-18)26(32)27-15-17-7-9-20(33-2)10-8-17/h7-10,16,18-19H,3-6,11-15H2,1-2H3,(H,27,32)(H,29,30). The third kappa shape index (κ3) is 4.46. The minimum atomic E-state index is -0.0917. The molecule has 0 unspecified atom stereocenters. The van der Waals surface area contributed by atoms with Crippen LogP contribution in [0, 0.1) is 0 Å². The lowest BCUT2D eigenvalue weighted by molar-refractivity contribution is 0.0903. The molecule has 0 bridgehead atoms. The van der Waals surface area contributed by atoms with E-state index in [1.54, 1.807) is 7.11 Å². The van der Waals surface area contributed by atoms with Crippen LogP contribution in [-0.2, 0) is 17.8 Å². The minimum absolute atomic E-state index is 0.0917. The summed E-state index contributed by atoms with van der Waals surface area (Å²) in [4.78, 5) is 18.8. The van der Waals surface area contributed by atoms with Gasteiger partial charge in [-0.15, -0.1) is 0 Å². The predicted molar refractivity (Wildman–Crippen MR) is 131 cm³/mol. The van der Waals surface area contributed by atoms with E-state index in [0.717, 1.165) is 79.2 Å². The lowest BCUT2D eigenvalue weighted by atomic mass is 9.80. The number of hydrogen-bond acceptors (Lipinski definition) is 6. The molecule has 8 heteroatoms. The Morgan fingerprint density at radius 1 is 1.18 bits per heavy atom. The zero-order valence-electron chi connectivity index (χ0n) is 20.0. The fourth-order valence-electron chi connectivity index (χ4n) is 4.75. The number of nitrogens with zero attached hydrogens (tertiary/aromatic N) is 3. The lowest BCUT2D eigenvalue weighted by Gasteiger charge is -2.30. The van der Waals surface area contributed by atoms with Gasteiger partial charge in [-0.3, -0.25) is 4.79 Å². The summed E-state index contributed by atoms with van der Waals surface area (Å²) < 4.78 is 12.7. The molecule has 0 spiro atoms. The zero-order valence-corrected chi connectivity index (χ0v) is 20.0. The molecule has 180 valence electrons. The first-order valence-corrected chi connectivity index (χ1v) is 12.3. The maximum atomic E-state index is 13.7. The van der Waals surface area contributed by atoms with Gasteiger partial charge in [0.1, 0.15) is 5.75 Å². The smallest absolute Gasteiger partial charge is 0.255 e. The van der Waals surface area contributed by atoms with Crippen molar-refractivity contribution >= 4 is 22.6 Å². The Bertz CT molecular complexity index is 1150. The molecule has 0 atom stereocenters. The van der Waals surface area contributed by atoms with Gasteiger partial charge in [-0.05, 0) is 50.3 Å². The third-order valence-electron chi connectivity index (χ3n) is 7.01. The number of rotatable bonds is 8. The van der Waals surface area contributed by atoms with E-state index in [1.807, 2.05) is 35.1 Å². The molecule has 1 saturated carbocycles. The van der Waals surface area contributed by atoms with Gasteiger partial charge in [0.05, 0.1) is 35.6 Å². The summed E-state index contributed by atoms with van der Waals surface area (Å²) in [5, 5.41) is 12.3. The van der Waals surface area contributed by atoms with Crippen molar-refractivity contribution in [1.29, 1.82) is 0 Å². The zero-order chi connectivity index (χ0) is 23.5. The minimum Gasteiger partial charge on any atom is -0.497 e. The number of hydrogen-bond donors (Lipinski definition) is 2. The van der Waals surface area contributed by atoms with Crippen LogP contribution in [-0.4, -0.2) is 47.0 Å². The van der Waals surface area contributed by atoms with E-state index in [2.05, 4.69) is 22.7 Å². The first-order chi connectivity index (χ1) is 16.7. The second-order valence-corrected chi connectivity index (χ2v) is 9.13. The summed E-state index contributed by atoms with van der Waals surface area (Å²) in [7, 11) is 1.65. The Morgan fingerprint density at radius 2 is 1.94 bits per heavy atom. The molecular weight excluding hydrogens is 430 g/mol. The number of pyridine rings is 1. The number of anilines is 1. The molecule has 2 aromatic heterocycles. The topological polar surface area (TPSA) is 90.3 Å². The average Bonchev–Trinajstić information content (AvgIpc) is 3.25. The molecule has 2 aliphatic rings. The van der Waals surface area contributed by atoms with E-state index < -0.39 is 0 Å². The fourth-order valence-corrected chi connectivity index (χ4v) is 4.75. The van der Waals surface area contributed by atoms with Crippen LogP contribution in [0.3, 0.4) is 0 Å². The molecule has 2 fully saturated rings. The maximum absolute atomic E-state index is 13.7. The largest absolute Gasteiger partial charge is 0.497 e. The van der Waals surface area contributed by atoms with Crippen LogP contribution in [0.15, 0.2) is 30.5 Å². The highest BCUT2D eigenvalue weighted by Crippen LogP contribution is 2.41. The molecule has 1 amide bonds. The number of nitrogens with one attached hydrogen (secondary N) is 2. The number of benzene rings is 1. The summed E-state index contributed by atoms with van der Waals surface area (Å²) in [6, 6.07) is 8.02. The van der Waals surface area contributed by atoms with Crippen LogP contribution >= 0.6 is 0 Å². The molecule has 5 rings (SSSR count). The molecule has 1 aromatic carbocycles. The van der Waals surface area contributed by atoms with Crippen LogP contribution in [0.25, 0.3) is 11.0 Å². The highest BCUT2D eigenvalue weighted by molar-refractivity contribution is 6.08. The van der Waals surface area contributed by atoms with Crippen LogP contribution in [0.5, 0.6) is 5.75 Å². The van der Waals surface area contributed by atoms with E-state index in [4.69, 9.17) is 14.5 Å². The lowest BCUT2D eigenvalue weighted by Crippen LogP contribution is -2.32.